The Morgan fingerprint density at radius 2 is 1.88 bits per heavy atom. The van der Waals surface area contributed by atoms with Crippen molar-refractivity contribution in [3.05, 3.63) is 89.1 Å². The molecule has 0 atom stereocenters. The molecule has 1 fully saturated rings. The van der Waals surface area contributed by atoms with Crippen LogP contribution in [0.3, 0.4) is 0 Å². The molecule has 3 heterocycles. The number of nitrogens with one attached hydrogen (secondary N) is 3. The Kier molecular flexibility index (Phi) is 6.66. The van der Waals surface area contributed by atoms with Crippen molar-refractivity contribution in [2.24, 2.45) is 0 Å². The van der Waals surface area contributed by atoms with Crippen LogP contribution in [0.5, 0.6) is 0 Å². The van der Waals surface area contributed by atoms with E-state index in [9.17, 15) is 22.8 Å². The Labute approximate surface area is 235 Å². The van der Waals surface area contributed by atoms with Gasteiger partial charge in [0.15, 0.2) is 0 Å². The molecule has 208 valence electrons. The number of halogens is 3. The molecule has 3 N–H and O–H groups in total. The summed E-state index contributed by atoms with van der Waals surface area (Å²) in [5.41, 5.74) is 1.36. The number of rotatable bonds is 7. The molecule has 0 bridgehead atoms. The second-order valence-corrected chi connectivity index (χ2v) is 10.5. The molecule has 3 aromatic heterocycles. The largest absolute Gasteiger partial charge is 0.416 e. The van der Waals surface area contributed by atoms with Crippen LogP contribution >= 0.6 is 11.3 Å². The van der Waals surface area contributed by atoms with E-state index in [2.05, 4.69) is 30.9 Å². The lowest BCUT2D eigenvalue weighted by molar-refractivity contribution is -0.137. The highest BCUT2D eigenvalue weighted by atomic mass is 32.1. The molecule has 0 saturated heterocycles. The number of alkyl halides is 3. The van der Waals surface area contributed by atoms with Crippen LogP contribution in [-0.2, 0) is 6.18 Å². The number of imidazole rings is 1. The number of amides is 2. The fraction of sp³-hybridized carbons (Fsp3) is 0.179. The molecule has 9 nitrogen and oxygen atoms in total. The smallest absolute Gasteiger partial charge is 0.366 e. The summed E-state index contributed by atoms with van der Waals surface area (Å²) in [5, 5.41) is 10.6. The lowest BCUT2D eigenvalue weighted by Crippen LogP contribution is -2.16. The number of carbonyl (C=O) groups excluding carboxylic acids is 2. The van der Waals surface area contributed by atoms with Gasteiger partial charge in [-0.25, -0.2) is 15.0 Å². The van der Waals surface area contributed by atoms with E-state index in [1.54, 1.807) is 30.5 Å². The second-order valence-electron chi connectivity index (χ2n) is 9.64. The van der Waals surface area contributed by atoms with Crippen molar-refractivity contribution in [1.29, 1.82) is 0 Å². The molecule has 0 radical (unpaired) electrons. The highest BCUT2D eigenvalue weighted by Gasteiger charge is 2.32. The van der Waals surface area contributed by atoms with Crippen molar-refractivity contribution in [2.45, 2.75) is 32.0 Å². The first-order chi connectivity index (χ1) is 19.7. The van der Waals surface area contributed by atoms with Gasteiger partial charge in [0, 0.05) is 46.4 Å². The van der Waals surface area contributed by atoms with Crippen molar-refractivity contribution in [2.75, 3.05) is 16.0 Å². The highest BCUT2D eigenvalue weighted by molar-refractivity contribution is 7.18. The van der Waals surface area contributed by atoms with Crippen molar-refractivity contribution >= 4 is 50.6 Å². The summed E-state index contributed by atoms with van der Waals surface area (Å²) in [4.78, 5) is 38.8. The molecule has 1 aliphatic carbocycles. The first kappa shape index (κ1) is 26.4. The summed E-state index contributed by atoms with van der Waals surface area (Å²) in [6.07, 6.45) is 3.19. The fourth-order valence-corrected chi connectivity index (χ4v) is 5.18. The lowest BCUT2D eigenvalue weighted by atomic mass is 10.1. The van der Waals surface area contributed by atoms with Crippen molar-refractivity contribution in [1.82, 2.24) is 19.5 Å². The van der Waals surface area contributed by atoms with Crippen LogP contribution in [-0.4, -0.2) is 37.4 Å². The van der Waals surface area contributed by atoms with E-state index in [-0.39, 0.29) is 17.2 Å². The summed E-state index contributed by atoms with van der Waals surface area (Å²) in [7, 11) is 0. The van der Waals surface area contributed by atoms with Crippen LogP contribution in [0.15, 0.2) is 66.8 Å². The molecule has 5 aromatic rings. The van der Waals surface area contributed by atoms with Gasteiger partial charge in [0.25, 0.3) is 11.8 Å². The van der Waals surface area contributed by atoms with Gasteiger partial charge in [-0.05, 0) is 55.7 Å². The van der Waals surface area contributed by atoms with Crippen LogP contribution in [0.25, 0.3) is 15.9 Å². The number of thiophene rings is 1. The van der Waals surface area contributed by atoms with Crippen LogP contribution < -0.4 is 16.0 Å². The molecule has 6 rings (SSSR count). The van der Waals surface area contributed by atoms with Gasteiger partial charge < -0.3 is 20.5 Å². The normalized spacial score (nSPS) is 13.3. The van der Waals surface area contributed by atoms with E-state index in [0.29, 0.717) is 34.3 Å². The van der Waals surface area contributed by atoms with Gasteiger partial charge in [-0.2, -0.15) is 13.2 Å². The Balaban J connectivity index is 1.24. The molecule has 1 aliphatic rings. The standard InChI is InChI=1S/C28H22F3N7O2S/c1-15-2-3-19(36-26(39)16-8-17(28(29,30)31)10-20(9-16)38-7-6-32-14-38)11-22(15)37-27(40)21-12-41-24-23(21)33-13-34-25(24)35-18-4-5-18/h2-3,6-14,18H,4-5H2,1H3,(H,36,39)(H,37,40)(H,33,34,35). The van der Waals surface area contributed by atoms with Crippen molar-refractivity contribution < 1.29 is 22.8 Å². The van der Waals surface area contributed by atoms with E-state index < -0.39 is 17.6 Å². The molecule has 41 heavy (non-hydrogen) atoms. The van der Waals surface area contributed by atoms with Gasteiger partial charge in [-0.3, -0.25) is 9.59 Å². The lowest BCUT2D eigenvalue weighted by Gasteiger charge is -2.14. The van der Waals surface area contributed by atoms with E-state index in [4.69, 9.17) is 0 Å². The molecule has 2 aromatic carbocycles. The minimum absolute atomic E-state index is 0.140. The zero-order valence-electron chi connectivity index (χ0n) is 21.5. The number of nitrogens with zero attached hydrogens (tertiary/aromatic N) is 4. The SMILES string of the molecule is Cc1ccc(NC(=O)c2cc(-n3ccnc3)cc(C(F)(F)F)c2)cc1NC(=O)c1csc2c(NC3CC3)ncnc12. The number of aryl methyl sites for hydroxylation is 1. The summed E-state index contributed by atoms with van der Waals surface area (Å²) >= 11 is 1.37. The maximum Gasteiger partial charge on any atom is 0.416 e. The maximum absolute atomic E-state index is 13.6. The maximum atomic E-state index is 13.6. The molecule has 0 spiro atoms. The average Bonchev–Trinajstić information content (AvgIpc) is 3.40. The minimum atomic E-state index is -4.65. The van der Waals surface area contributed by atoms with E-state index in [1.165, 1.54) is 47.0 Å². The molecule has 0 unspecified atom stereocenters. The van der Waals surface area contributed by atoms with Gasteiger partial charge in [-0.15, -0.1) is 11.3 Å². The van der Waals surface area contributed by atoms with Gasteiger partial charge in [0.2, 0.25) is 0 Å². The third-order valence-electron chi connectivity index (χ3n) is 6.57. The highest BCUT2D eigenvalue weighted by Crippen LogP contribution is 2.34. The van der Waals surface area contributed by atoms with E-state index in [1.807, 2.05) is 0 Å². The first-order valence-corrected chi connectivity index (χ1v) is 13.5. The molecule has 13 heteroatoms. The molecule has 2 amide bonds. The van der Waals surface area contributed by atoms with Crippen molar-refractivity contribution in [3.63, 3.8) is 0 Å². The summed E-state index contributed by atoms with van der Waals surface area (Å²) in [6, 6.07) is 8.33. The van der Waals surface area contributed by atoms with Gasteiger partial charge in [-0.1, -0.05) is 6.07 Å². The van der Waals surface area contributed by atoms with Gasteiger partial charge in [0.1, 0.15) is 12.1 Å². The second kappa shape index (κ2) is 10.3. The molecular weight excluding hydrogens is 555 g/mol. The number of hydrogen-bond donors (Lipinski definition) is 3. The van der Waals surface area contributed by atoms with Crippen LogP contribution in [0, 0.1) is 6.92 Å². The Bertz CT molecular complexity index is 1780. The number of fused-ring (bicyclic) bond motifs is 1. The Hall–Kier alpha value is -4.78. The summed E-state index contributed by atoms with van der Waals surface area (Å²) in [6.45, 7) is 1.79. The van der Waals surface area contributed by atoms with Gasteiger partial charge in [0.05, 0.1) is 27.7 Å². The average molecular weight is 578 g/mol. The summed E-state index contributed by atoms with van der Waals surface area (Å²) < 4.78 is 42.9. The van der Waals surface area contributed by atoms with Crippen LogP contribution in [0.1, 0.15) is 44.7 Å². The number of carbonyl (C=O) groups is 2. The number of anilines is 3. The predicted octanol–water partition coefficient (Wildman–Crippen LogP) is 6.28. The predicted molar refractivity (Wildman–Crippen MR) is 150 cm³/mol. The number of benzene rings is 2. The molecule has 0 aliphatic heterocycles. The topological polar surface area (TPSA) is 114 Å². The first-order valence-electron chi connectivity index (χ1n) is 12.6. The Morgan fingerprint density at radius 1 is 1.05 bits per heavy atom. The third-order valence-corrected chi connectivity index (χ3v) is 7.55. The number of aromatic nitrogens is 4. The monoisotopic (exact) mass is 577 g/mol. The van der Waals surface area contributed by atoms with E-state index in [0.717, 1.165) is 35.2 Å². The third kappa shape index (κ3) is 5.61. The quantitative estimate of drug-likeness (QED) is 0.210. The zero-order valence-corrected chi connectivity index (χ0v) is 22.3. The summed E-state index contributed by atoms with van der Waals surface area (Å²) in [5.74, 6) is -0.426. The molecule has 1 saturated carbocycles. The zero-order chi connectivity index (χ0) is 28.7. The fourth-order valence-electron chi connectivity index (χ4n) is 4.23. The van der Waals surface area contributed by atoms with Crippen LogP contribution in [0.2, 0.25) is 0 Å². The van der Waals surface area contributed by atoms with Crippen LogP contribution in [0.4, 0.5) is 30.4 Å². The van der Waals surface area contributed by atoms with Gasteiger partial charge >= 0.3 is 6.18 Å². The van der Waals surface area contributed by atoms with E-state index >= 15 is 0 Å². The van der Waals surface area contributed by atoms with Crippen molar-refractivity contribution in [3.8, 4) is 5.69 Å². The number of hydrogen-bond acceptors (Lipinski definition) is 7. The minimum Gasteiger partial charge on any atom is -0.366 e. The Morgan fingerprint density at radius 3 is 2.61 bits per heavy atom. The molecular formula is C28H22F3N7O2S.